The van der Waals surface area contributed by atoms with Crippen LogP contribution in [0.5, 0.6) is 5.75 Å². The highest BCUT2D eigenvalue weighted by Gasteiger charge is 2.08. The smallest absolute Gasteiger partial charge is 0.146 e. The van der Waals surface area contributed by atoms with Crippen LogP contribution in [0.3, 0.4) is 0 Å². The molecule has 0 fully saturated rings. The molecule has 0 spiro atoms. The Bertz CT molecular complexity index is 558. The van der Waals surface area contributed by atoms with E-state index in [1.807, 2.05) is 43.3 Å². The van der Waals surface area contributed by atoms with Crippen molar-refractivity contribution in [1.29, 1.82) is 0 Å². The Balaban J connectivity index is 2.07. The summed E-state index contributed by atoms with van der Waals surface area (Å²) in [6.07, 6.45) is 2.66. The van der Waals surface area contributed by atoms with Crippen molar-refractivity contribution < 1.29 is 9.15 Å². The van der Waals surface area contributed by atoms with E-state index >= 15 is 0 Å². The number of hydrogen-bond donors (Lipinski definition) is 1. The van der Waals surface area contributed by atoms with Gasteiger partial charge in [0.05, 0.1) is 6.54 Å². The fourth-order valence-corrected chi connectivity index (χ4v) is 1.98. The van der Waals surface area contributed by atoms with E-state index in [1.54, 1.807) is 0 Å². The van der Waals surface area contributed by atoms with Gasteiger partial charge in [-0.2, -0.15) is 0 Å². The molecule has 2 rings (SSSR count). The van der Waals surface area contributed by atoms with Gasteiger partial charge >= 0.3 is 0 Å². The van der Waals surface area contributed by atoms with E-state index in [2.05, 4.69) is 6.58 Å². The van der Waals surface area contributed by atoms with Gasteiger partial charge in [-0.1, -0.05) is 24.3 Å². The maximum absolute atomic E-state index is 5.81. The van der Waals surface area contributed by atoms with Gasteiger partial charge < -0.3 is 14.9 Å². The van der Waals surface area contributed by atoms with Crippen molar-refractivity contribution in [1.82, 2.24) is 0 Å². The SMILES string of the molecule is C=CCc1ccccc1OCc1cc(C)c(CN)o1. The van der Waals surface area contributed by atoms with Crippen molar-refractivity contribution in [3.8, 4) is 5.75 Å². The molecule has 2 aromatic rings. The molecule has 0 aliphatic heterocycles. The maximum Gasteiger partial charge on any atom is 0.146 e. The van der Waals surface area contributed by atoms with Crippen LogP contribution in [-0.4, -0.2) is 0 Å². The summed E-state index contributed by atoms with van der Waals surface area (Å²) in [5, 5.41) is 0. The van der Waals surface area contributed by atoms with Crippen LogP contribution in [0.1, 0.15) is 22.6 Å². The van der Waals surface area contributed by atoms with E-state index < -0.39 is 0 Å². The molecule has 1 heterocycles. The molecule has 0 amide bonds. The van der Waals surface area contributed by atoms with E-state index in [1.165, 1.54) is 0 Å². The average molecular weight is 257 g/mol. The number of nitrogens with two attached hydrogens (primary N) is 1. The van der Waals surface area contributed by atoms with Gasteiger partial charge in [-0.05, 0) is 36.6 Å². The van der Waals surface area contributed by atoms with E-state index in [-0.39, 0.29) is 0 Å². The third-order valence-electron chi connectivity index (χ3n) is 2.96. The van der Waals surface area contributed by atoms with Crippen molar-refractivity contribution in [3.05, 3.63) is 65.6 Å². The fraction of sp³-hybridized carbons (Fsp3) is 0.250. The second-order valence-electron chi connectivity index (χ2n) is 4.41. The highest BCUT2D eigenvalue weighted by molar-refractivity contribution is 5.34. The van der Waals surface area contributed by atoms with Gasteiger partial charge in [0.2, 0.25) is 0 Å². The first-order valence-electron chi connectivity index (χ1n) is 6.34. The Morgan fingerprint density at radius 2 is 2.16 bits per heavy atom. The molecule has 19 heavy (non-hydrogen) atoms. The van der Waals surface area contributed by atoms with Gasteiger partial charge in [-0.15, -0.1) is 6.58 Å². The summed E-state index contributed by atoms with van der Waals surface area (Å²) >= 11 is 0. The van der Waals surface area contributed by atoms with Crippen molar-refractivity contribution >= 4 is 0 Å². The summed E-state index contributed by atoms with van der Waals surface area (Å²) < 4.78 is 11.4. The summed E-state index contributed by atoms with van der Waals surface area (Å²) in [6.45, 7) is 6.57. The van der Waals surface area contributed by atoms with E-state index in [0.717, 1.165) is 34.8 Å². The molecule has 0 saturated carbocycles. The summed E-state index contributed by atoms with van der Waals surface area (Å²) in [5.41, 5.74) is 7.78. The Kier molecular flexibility index (Phi) is 4.42. The first kappa shape index (κ1) is 13.4. The minimum atomic E-state index is 0.412. The molecular weight excluding hydrogens is 238 g/mol. The standard InChI is InChI=1S/C16H19NO2/c1-3-6-13-7-4-5-8-15(13)18-11-14-9-12(2)16(10-17)19-14/h3-5,7-9H,1,6,10-11,17H2,2H3. The number of aryl methyl sites for hydroxylation is 1. The third kappa shape index (κ3) is 3.26. The normalized spacial score (nSPS) is 10.4. The molecule has 0 atom stereocenters. The lowest BCUT2D eigenvalue weighted by Gasteiger charge is -2.08. The van der Waals surface area contributed by atoms with Crippen molar-refractivity contribution in [2.45, 2.75) is 26.5 Å². The van der Waals surface area contributed by atoms with Crippen molar-refractivity contribution in [3.63, 3.8) is 0 Å². The Hall–Kier alpha value is -2.00. The molecule has 0 unspecified atom stereocenters. The highest BCUT2D eigenvalue weighted by Crippen LogP contribution is 2.21. The van der Waals surface area contributed by atoms with Crippen LogP contribution in [0.25, 0.3) is 0 Å². The number of hydrogen-bond acceptors (Lipinski definition) is 3. The molecule has 0 bridgehead atoms. The zero-order chi connectivity index (χ0) is 13.7. The zero-order valence-corrected chi connectivity index (χ0v) is 11.2. The third-order valence-corrected chi connectivity index (χ3v) is 2.96. The second-order valence-corrected chi connectivity index (χ2v) is 4.41. The number of para-hydroxylation sites is 1. The zero-order valence-electron chi connectivity index (χ0n) is 11.2. The van der Waals surface area contributed by atoms with Gasteiger partial charge in [0.1, 0.15) is 23.9 Å². The topological polar surface area (TPSA) is 48.4 Å². The number of furan rings is 1. The van der Waals surface area contributed by atoms with E-state index in [0.29, 0.717) is 13.2 Å². The fourth-order valence-electron chi connectivity index (χ4n) is 1.98. The lowest BCUT2D eigenvalue weighted by molar-refractivity contribution is 0.264. The molecule has 3 nitrogen and oxygen atoms in total. The van der Waals surface area contributed by atoms with Crippen LogP contribution in [-0.2, 0) is 19.6 Å². The van der Waals surface area contributed by atoms with E-state index in [4.69, 9.17) is 14.9 Å². The summed E-state index contributed by atoms with van der Waals surface area (Å²) in [5.74, 6) is 2.48. The van der Waals surface area contributed by atoms with Crippen LogP contribution in [0.4, 0.5) is 0 Å². The quantitative estimate of drug-likeness (QED) is 0.807. The summed E-state index contributed by atoms with van der Waals surface area (Å²) in [7, 11) is 0. The molecule has 0 aliphatic carbocycles. The molecule has 1 aromatic heterocycles. The molecule has 100 valence electrons. The molecule has 2 N–H and O–H groups in total. The van der Waals surface area contributed by atoms with Crippen molar-refractivity contribution in [2.75, 3.05) is 0 Å². The Morgan fingerprint density at radius 1 is 1.37 bits per heavy atom. The van der Waals surface area contributed by atoms with Crippen LogP contribution >= 0.6 is 0 Å². The minimum Gasteiger partial charge on any atom is -0.485 e. The lowest BCUT2D eigenvalue weighted by atomic mass is 10.1. The Labute approximate surface area is 113 Å². The summed E-state index contributed by atoms with van der Waals surface area (Å²) in [6, 6.07) is 9.92. The molecule has 1 aromatic carbocycles. The first-order valence-corrected chi connectivity index (χ1v) is 6.34. The predicted molar refractivity (Wildman–Crippen MR) is 76.0 cm³/mol. The predicted octanol–water partition coefficient (Wildman–Crippen LogP) is 3.35. The van der Waals surface area contributed by atoms with E-state index in [9.17, 15) is 0 Å². The molecule has 0 radical (unpaired) electrons. The summed E-state index contributed by atoms with van der Waals surface area (Å²) in [4.78, 5) is 0. The van der Waals surface area contributed by atoms with Crippen molar-refractivity contribution in [2.24, 2.45) is 5.73 Å². The highest BCUT2D eigenvalue weighted by atomic mass is 16.5. The Morgan fingerprint density at radius 3 is 2.84 bits per heavy atom. The molecular formula is C16H19NO2. The minimum absolute atomic E-state index is 0.412. The maximum atomic E-state index is 5.81. The van der Waals surface area contributed by atoms with Gasteiger partial charge in [0, 0.05) is 0 Å². The van der Waals surface area contributed by atoms with Gasteiger partial charge in [-0.25, -0.2) is 0 Å². The monoisotopic (exact) mass is 257 g/mol. The number of allylic oxidation sites excluding steroid dienone is 1. The second kappa shape index (κ2) is 6.25. The average Bonchev–Trinajstić information content (AvgIpc) is 2.78. The lowest BCUT2D eigenvalue weighted by Crippen LogP contribution is -1.97. The first-order chi connectivity index (χ1) is 9.24. The molecule has 3 heteroatoms. The number of ether oxygens (including phenoxy) is 1. The molecule has 0 saturated heterocycles. The van der Waals surface area contributed by atoms with Gasteiger partial charge in [-0.3, -0.25) is 0 Å². The largest absolute Gasteiger partial charge is 0.485 e. The number of benzene rings is 1. The molecule has 0 aliphatic rings. The van der Waals surface area contributed by atoms with Gasteiger partial charge in [0.15, 0.2) is 0 Å². The van der Waals surface area contributed by atoms with Crippen LogP contribution in [0.2, 0.25) is 0 Å². The van der Waals surface area contributed by atoms with Crippen LogP contribution < -0.4 is 10.5 Å². The number of rotatable bonds is 6. The van der Waals surface area contributed by atoms with Crippen LogP contribution in [0, 0.1) is 6.92 Å². The van der Waals surface area contributed by atoms with Crippen LogP contribution in [0.15, 0.2) is 47.4 Å². The van der Waals surface area contributed by atoms with Gasteiger partial charge in [0.25, 0.3) is 0 Å².